The normalized spacial score (nSPS) is 16.8. The fraction of sp³-hybridized carbons (Fsp3) is 0.500. The van der Waals surface area contributed by atoms with Crippen LogP contribution in [0, 0.1) is 0 Å². The first kappa shape index (κ1) is 13.4. The van der Waals surface area contributed by atoms with Crippen molar-refractivity contribution in [1.29, 1.82) is 0 Å². The zero-order valence-electron chi connectivity index (χ0n) is 10.8. The van der Waals surface area contributed by atoms with Gasteiger partial charge in [0.1, 0.15) is 5.75 Å². The molecule has 1 saturated carbocycles. The largest absolute Gasteiger partial charge is 0.496 e. The lowest BCUT2D eigenvalue weighted by atomic mass is 9.74. The van der Waals surface area contributed by atoms with E-state index in [0.29, 0.717) is 11.3 Å². The lowest BCUT2D eigenvalue weighted by molar-refractivity contribution is 0.0817. The Morgan fingerprint density at radius 2 is 2.22 bits per heavy atom. The van der Waals surface area contributed by atoms with Crippen molar-refractivity contribution in [2.75, 3.05) is 7.11 Å². The molecule has 0 spiro atoms. The number of benzene rings is 1. The van der Waals surface area contributed by atoms with E-state index in [0.717, 1.165) is 23.7 Å². The summed E-state index contributed by atoms with van der Waals surface area (Å²) in [5.74, 6) is 0.563. The van der Waals surface area contributed by atoms with E-state index in [2.05, 4.69) is 28.2 Å². The molecule has 0 unspecified atom stereocenters. The van der Waals surface area contributed by atoms with Crippen LogP contribution in [0.15, 0.2) is 22.7 Å². The maximum Gasteiger partial charge on any atom is 0.255 e. The monoisotopic (exact) mass is 311 g/mol. The molecule has 1 aromatic carbocycles. The molecule has 0 heterocycles. The molecule has 4 heteroatoms. The summed E-state index contributed by atoms with van der Waals surface area (Å²) in [6.45, 7) is 2.12. The highest BCUT2D eigenvalue weighted by Gasteiger charge is 2.36. The molecule has 1 fully saturated rings. The van der Waals surface area contributed by atoms with Crippen LogP contribution in [0.5, 0.6) is 5.75 Å². The second kappa shape index (κ2) is 5.31. The molecule has 1 aromatic rings. The lowest BCUT2D eigenvalue weighted by Crippen LogP contribution is -2.53. The van der Waals surface area contributed by atoms with E-state index in [1.54, 1.807) is 13.2 Å². The first-order chi connectivity index (χ1) is 8.60. The second-order valence-corrected chi connectivity index (χ2v) is 5.70. The predicted molar refractivity (Wildman–Crippen MR) is 75.0 cm³/mol. The molecule has 1 amide bonds. The van der Waals surface area contributed by atoms with Gasteiger partial charge in [0.2, 0.25) is 0 Å². The van der Waals surface area contributed by atoms with Crippen LogP contribution < -0.4 is 10.1 Å². The minimum atomic E-state index is -0.0408. The van der Waals surface area contributed by atoms with E-state index in [1.807, 2.05) is 12.1 Å². The van der Waals surface area contributed by atoms with Crippen LogP contribution in [0.4, 0.5) is 0 Å². The van der Waals surface area contributed by atoms with Gasteiger partial charge in [0, 0.05) is 10.0 Å². The summed E-state index contributed by atoms with van der Waals surface area (Å²) in [5.41, 5.74) is 0.607. The molecular formula is C14H18BrNO2. The Balaban J connectivity index is 2.18. The molecule has 0 bridgehead atoms. The molecule has 1 N–H and O–H groups in total. The van der Waals surface area contributed by atoms with Crippen molar-refractivity contribution in [1.82, 2.24) is 5.32 Å². The van der Waals surface area contributed by atoms with Gasteiger partial charge in [-0.15, -0.1) is 0 Å². The first-order valence-corrected chi connectivity index (χ1v) is 7.05. The van der Waals surface area contributed by atoms with Gasteiger partial charge in [0.15, 0.2) is 0 Å². The van der Waals surface area contributed by atoms with Crippen LogP contribution in [0.25, 0.3) is 0 Å². The molecule has 1 aliphatic carbocycles. The quantitative estimate of drug-likeness (QED) is 0.924. The Morgan fingerprint density at radius 3 is 2.72 bits per heavy atom. The molecule has 1 aliphatic rings. The lowest BCUT2D eigenvalue weighted by Gasteiger charge is -2.42. The molecule has 2 rings (SSSR count). The predicted octanol–water partition coefficient (Wildman–Crippen LogP) is 3.52. The average molecular weight is 312 g/mol. The highest BCUT2D eigenvalue weighted by atomic mass is 79.9. The van der Waals surface area contributed by atoms with E-state index in [9.17, 15) is 4.79 Å². The van der Waals surface area contributed by atoms with Gasteiger partial charge >= 0.3 is 0 Å². The third-order valence-electron chi connectivity index (χ3n) is 3.77. The van der Waals surface area contributed by atoms with Crippen molar-refractivity contribution in [3.63, 3.8) is 0 Å². The van der Waals surface area contributed by atoms with Crippen LogP contribution in [0.1, 0.15) is 43.0 Å². The standard InChI is InChI=1S/C14H18BrNO2/c1-3-14(7-4-8-14)16-13(17)11-6-5-10(15)9-12(11)18-2/h5-6,9H,3-4,7-8H2,1-2H3,(H,16,17). The van der Waals surface area contributed by atoms with E-state index in [4.69, 9.17) is 4.74 Å². The van der Waals surface area contributed by atoms with Gasteiger partial charge in [-0.1, -0.05) is 22.9 Å². The van der Waals surface area contributed by atoms with E-state index >= 15 is 0 Å². The number of halogens is 1. The molecular weight excluding hydrogens is 294 g/mol. The second-order valence-electron chi connectivity index (χ2n) is 4.79. The summed E-state index contributed by atoms with van der Waals surface area (Å²) in [4.78, 5) is 12.3. The third kappa shape index (κ3) is 2.53. The number of ether oxygens (including phenoxy) is 1. The van der Waals surface area contributed by atoms with Gasteiger partial charge in [-0.3, -0.25) is 4.79 Å². The molecule has 0 aromatic heterocycles. The maximum absolute atomic E-state index is 12.3. The van der Waals surface area contributed by atoms with Crippen LogP contribution in [-0.2, 0) is 0 Å². The third-order valence-corrected chi connectivity index (χ3v) is 4.27. The van der Waals surface area contributed by atoms with Gasteiger partial charge in [0.05, 0.1) is 12.7 Å². The fourth-order valence-electron chi connectivity index (χ4n) is 2.33. The molecule has 3 nitrogen and oxygen atoms in total. The van der Waals surface area contributed by atoms with Gasteiger partial charge in [-0.2, -0.15) is 0 Å². The fourth-order valence-corrected chi connectivity index (χ4v) is 2.67. The Kier molecular flexibility index (Phi) is 3.95. The number of amides is 1. The Morgan fingerprint density at radius 1 is 1.50 bits per heavy atom. The number of carbonyl (C=O) groups is 1. The topological polar surface area (TPSA) is 38.3 Å². The van der Waals surface area contributed by atoms with Crippen LogP contribution in [0.2, 0.25) is 0 Å². The summed E-state index contributed by atoms with van der Waals surface area (Å²) < 4.78 is 6.16. The number of hydrogen-bond acceptors (Lipinski definition) is 2. The van der Waals surface area contributed by atoms with Crippen molar-refractivity contribution in [3.8, 4) is 5.75 Å². The van der Waals surface area contributed by atoms with Crippen molar-refractivity contribution in [2.45, 2.75) is 38.1 Å². The maximum atomic E-state index is 12.3. The minimum absolute atomic E-state index is 0.00910. The summed E-state index contributed by atoms with van der Waals surface area (Å²) in [6, 6.07) is 5.46. The number of rotatable bonds is 4. The van der Waals surface area contributed by atoms with Gasteiger partial charge in [-0.05, 0) is 43.9 Å². The average Bonchev–Trinajstić information content (AvgIpc) is 2.33. The Hall–Kier alpha value is -1.03. The number of methoxy groups -OCH3 is 1. The van der Waals surface area contributed by atoms with E-state index in [-0.39, 0.29) is 11.4 Å². The Bertz CT molecular complexity index is 450. The van der Waals surface area contributed by atoms with Crippen molar-refractivity contribution >= 4 is 21.8 Å². The molecule has 98 valence electrons. The van der Waals surface area contributed by atoms with Crippen LogP contribution in [0.3, 0.4) is 0 Å². The Labute approximate surface area is 116 Å². The zero-order valence-corrected chi connectivity index (χ0v) is 12.3. The van der Waals surface area contributed by atoms with Crippen LogP contribution >= 0.6 is 15.9 Å². The molecule has 18 heavy (non-hydrogen) atoms. The number of carbonyl (C=O) groups excluding carboxylic acids is 1. The zero-order chi connectivity index (χ0) is 13.2. The number of nitrogens with one attached hydrogen (secondary N) is 1. The van der Waals surface area contributed by atoms with E-state index < -0.39 is 0 Å². The molecule has 0 aliphatic heterocycles. The molecule has 0 radical (unpaired) electrons. The summed E-state index contributed by atoms with van der Waals surface area (Å²) >= 11 is 3.37. The van der Waals surface area contributed by atoms with Gasteiger partial charge in [0.25, 0.3) is 5.91 Å². The summed E-state index contributed by atoms with van der Waals surface area (Å²) in [7, 11) is 1.58. The van der Waals surface area contributed by atoms with Gasteiger partial charge in [-0.25, -0.2) is 0 Å². The first-order valence-electron chi connectivity index (χ1n) is 6.26. The van der Waals surface area contributed by atoms with Gasteiger partial charge < -0.3 is 10.1 Å². The van der Waals surface area contributed by atoms with Crippen molar-refractivity contribution < 1.29 is 9.53 Å². The number of hydrogen-bond donors (Lipinski definition) is 1. The van der Waals surface area contributed by atoms with Crippen molar-refractivity contribution in [2.24, 2.45) is 0 Å². The van der Waals surface area contributed by atoms with Crippen molar-refractivity contribution in [3.05, 3.63) is 28.2 Å². The molecule has 0 saturated heterocycles. The minimum Gasteiger partial charge on any atom is -0.496 e. The highest BCUT2D eigenvalue weighted by molar-refractivity contribution is 9.10. The van der Waals surface area contributed by atoms with E-state index in [1.165, 1.54) is 6.42 Å². The SMILES string of the molecule is CCC1(NC(=O)c2ccc(Br)cc2OC)CCC1. The highest BCUT2D eigenvalue weighted by Crippen LogP contribution is 2.35. The van der Waals surface area contributed by atoms with Crippen LogP contribution in [-0.4, -0.2) is 18.6 Å². The summed E-state index contributed by atoms with van der Waals surface area (Å²) in [5, 5.41) is 3.16. The summed E-state index contributed by atoms with van der Waals surface area (Å²) in [6.07, 6.45) is 4.34. The smallest absolute Gasteiger partial charge is 0.255 e. The molecule has 0 atom stereocenters.